The molecule has 10 nitrogen and oxygen atoms in total. The zero-order valence-corrected chi connectivity index (χ0v) is 21.8. The first-order valence-corrected chi connectivity index (χ1v) is 13.9. The topological polar surface area (TPSA) is 114 Å². The molecule has 1 fully saturated rings. The number of nitrogens with one attached hydrogen (secondary N) is 1. The van der Waals surface area contributed by atoms with Gasteiger partial charge in [0, 0.05) is 49.4 Å². The average Bonchev–Trinajstić information content (AvgIpc) is 3.30. The monoisotopic (exact) mass is 564 g/mol. The van der Waals surface area contributed by atoms with E-state index in [1.54, 1.807) is 18.2 Å². The highest BCUT2D eigenvalue weighted by Gasteiger charge is 2.24. The molecular formula is C24H23ClF2N6O4S. The smallest absolute Gasteiger partial charge is 0.327 e. The zero-order valence-electron chi connectivity index (χ0n) is 20.2. The van der Waals surface area contributed by atoms with Crippen molar-refractivity contribution in [3.8, 4) is 28.9 Å². The minimum atomic E-state index is -3.23. The van der Waals surface area contributed by atoms with Crippen LogP contribution in [-0.4, -0.2) is 83.4 Å². The van der Waals surface area contributed by atoms with Gasteiger partial charge in [0.05, 0.1) is 11.9 Å². The zero-order chi connectivity index (χ0) is 26.9. The third-order valence-electron chi connectivity index (χ3n) is 6.04. The van der Waals surface area contributed by atoms with Gasteiger partial charge < -0.3 is 9.47 Å². The largest absolute Gasteiger partial charge is 0.476 e. The summed E-state index contributed by atoms with van der Waals surface area (Å²) in [5.74, 6) is -1.79. The Hall–Kier alpha value is -3.39. The fraction of sp³-hybridized carbons (Fsp3) is 0.292. The van der Waals surface area contributed by atoms with E-state index in [1.165, 1.54) is 10.6 Å². The SMILES string of the molecule is CS(=O)(=O)N1CCN(CCOc2nc(Oc3ccc(F)cc3F)nc3n[nH]c(-c4ccccc4Cl)c23)CC1. The lowest BCUT2D eigenvalue weighted by Gasteiger charge is -2.32. The molecule has 0 saturated carbocycles. The number of hydrogen-bond acceptors (Lipinski definition) is 8. The lowest BCUT2D eigenvalue weighted by atomic mass is 10.1. The predicted octanol–water partition coefficient (Wildman–Crippen LogP) is 3.70. The molecule has 0 bridgehead atoms. The van der Waals surface area contributed by atoms with Crippen molar-refractivity contribution in [2.75, 3.05) is 45.6 Å². The molecule has 2 aromatic carbocycles. The predicted molar refractivity (Wildman–Crippen MR) is 137 cm³/mol. The molecule has 0 atom stereocenters. The minimum Gasteiger partial charge on any atom is -0.476 e. The second-order valence-corrected chi connectivity index (χ2v) is 11.0. The van der Waals surface area contributed by atoms with Crippen LogP contribution in [0.4, 0.5) is 8.78 Å². The third-order valence-corrected chi connectivity index (χ3v) is 7.68. The molecule has 0 radical (unpaired) electrons. The number of rotatable bonds is 8. The van der Waals surface area contributed by atoms with Crippen LogP contribution in [0.2, 0.25) is 5.02 Å². The number of hydrogen-bond donors (Lipinski definition) is 1. The Morgan fingerprint density at radius 1 is 1.08 bits per heavy atom. The number of ether oxygens (including phenoxy) is 2. The summed E-state index contributed by atoms with van der Waals surface area (Å²) in [6, 6.07) is 9.80. The number of aromatic nitrogens is 4. The average molecular weight is 565 g/mol. The molecule has 1 aliphatic heterocycles. The fourth-order valence-electron chi connectivity index (χ4n) is 4.10. The van der Waals surface area contributed by atoms with Crippen LogP contribution < -0.4 is 9.47 Å². The van der Waals surface area contributed by atoms with E-state index in [0.29, 0.717) is 60.5 Å². The number of fused-ring (bicyclic) bond motifs is 1. The van der Waals surface area contributed by atoms with Gasteiger partial charge in [-0.3, -0.25) is 10.00 Å². The van der Waals surface area contributed by atoms with Crippen molar-refractivity contribution >= 4 is 32.7 Å². The molecule has 0 unspecified atom stereocenters. The lowest BCUT2D eigenvalue weighted by molar-refractivity contribution is 0.157. The second-order valence-electron chi connectivity index (χ2n) is 8.62. The summed E-state index contributed by atoms with van der Waals surface area (Å²) in [5, 5.41) is 8.08. The number of benzene rings is 2. The van der Waals surface area contributed by atoms with Crippen LogP contribution in [0.1, 0.15) is 0 Å². The molecule has 3 heterocycles. The van der Waals surface area contributed by atoms with Gasteiger partial charge in [-0.25, -0.2) is 17.2 Å². The van der Waals surface area contributed by atoms with Gasteiger partial charge in [-0.15, -0.1) is 0 Å². The first-order chi connectivity index (χ1) is 18.2. The van der Waals surface area contributed by atoms with E-state index < -0.39 is 21.7 Å². The van der Waals surface area contributed by atoms with E-state index >= 15 is 0 Å². The highest BCUT2D eigenvalue weighted by Crippen LogP contribution is 2.37. The fourth-order valence-corrected chi connectivity index (χ4v) is 5.15. The normalized spacial score (nSPS) is 15.2. The van der Waals surface area contributed by atoms with Gasteiger partial charge >= 0.3 is 6.01 Å². The Morgan fingerprint density at radius 2 is 1.84 bits per heavy atom. The number of piperazine rings is 1. The van der Waals surface area contributed by atoms with Crippen molar-refractivity contribution < 1.29 is 26.7 Å². The summed E-state index contributed by atoms with van der Waals surface area (Å²) in [4.78, 5) is 10.7. The van der Waals surface area contributed by atoms with Gasteiger partial charge in [0.15, 0.2) is 17.2 Å². The number of sulfonamides is 1. The quantitative estimate of drug-likeness (QED) is 0.345. The van der Waals surface area contributed by atoms with Crippen LogP contribution >= 0.6 is 11.6 Å². The summed E-state index contributed by atoms with van der Waals surface area (Å²) in [7, 11) is -3.23. The van der Waals surface area contributed by atoms with Gasteiger partial charge in [0.1, 0.15) is 17.8 Å². The third kappa shape index (κ3) is 5.70. The number of halogens is 3. The Bertz CT molecular complexity index is 1580. The summed E-state index contributed by atoms with van der Waals surface area (Å²) in [5.41, 5.74) is 1.38. The van der Waals surface area contributed by atoms with E-state index in [0.717, 1.165) is 12.1 Å². The van der Waals surface area contributed by atoms with Crippen molar-refractivity contribution in [3.63, 3.8) is 0 Å². The van der Waals surface area contributed by atoms with E-state index in [9.17, 15) is 17.2 Å². The summed E-state index contributed by atoms with van der Waals surface area (Å²) < 4.78 is 64.0. The van der Waals surface area contributed by atoms with Gasteiger partial charge in [-0.2, -0.15) is 19.4 Å². The van der Waals surface area contributed by atoms with E-state index in [1.807, 2.05) is 6.07 Å². The van der Waals surface area contributed by atoms with Crippen LogP contribution in [0.25, 0.3) is 22.3 Å². The van der Waals surface area contributed by atoms with Crippen molar-refractivity contribution in [3.05, 3.63) is 59.1 Å². The Balaban J connectivity index is 1.41. The van der Waals surface area contributed by atoms with E-state index in [2.05, 4.69) is 25.1 Å². The van der Waals surface area contributed by atoms with E-state index in [-0.39, 0.29) is 29.9 Å². The Morgan fingerprint density at radius 3 is 2.55 bits per heavy atom. The van der Waals surface area contributed by atoms with Crippen molar-refractivity contribution in [2.24, 2.45) is 0 Å². The van der Waals surface area contributed by atoms with Crippen molar-refractivity contribution in [1.82, 2.24) is 29.4 Å². The molecule has 2 aromatic heterocycles. The van der Waals surface area contributed by atoms with Gasteiger partial charge in [0.25, 0.3) is 0 Å². The Kier molecular flexibility index (Phi) is 7.43. The summed E-state index contributed by atoms with van der Waals surface area (Å²) in [6.07, 6.45) is 1.20. The van der Waals surface area contributed by atoms with Crippen LogP contribution in [0, 0.1) is 11.6 Å². The summed E-state index contributed by atoms with van der Waals surface area (Å²) in [6.45, 7) is 2.63. The molecular weight excluding hydrogens is 542 g/mol. The molecule has 14 heteroatoms. The van der Waals surface area contributed by atoms with Gasteiger partial charge in [-0.05, 0) is 18.2 Å². The highest BCUT2D eigenvalue weighted by atomic mass is 35.5. The van der Waals surface area contributed by atoms with Crippen LogP contribution in [0.3, 0.4) is 0 Å². The molecule has 200 valence electrons. The van der Waals surface area contributed by atoms with Gasteiger partial charge in [0.2, 0.25) is 15.9 Å². The first-order valence-electron chi connectivity index (χ1n) is 11.6. The molecule has 0 spiro atoms. The van der Waals surface area contributed by atoms with E-state index in [4.69, 9.17) is 21.1 Å². The molecule has 0 amide bonds. The Labute approximate surface area is 222 Å². The standard InChI is InChI=1S/C24H23ClF2N6O4S/c1-38(34,35)33-10-8-32(9-11-33)12-13-36-23-20-21(16-4-2-3-5-17(16)25)30-31-22(20)28-24(29-23)37-19-7-6-15(26)14-18(19)27/h2-7,14H,8-13H2,1H3,(H,28,29,30,31). The maximum Gasteiger partial charge on any atom is 0.327 e. The van der Waals surface area contributed by atoms with Crippen LogP contribution in [0.15, 0.2) is 42.5 Å². The maximum absolute atomic E-state index is 14.2. The second kappa shape index (κ2) is 10.8. The molecule has 1 saturated heterocycles. The maximum atomic E-state index is 14.2. The van der Waals surface area contributed by atoms with Crippen molar-refractivity contribution in [2.45, 2.75) is 0 Å². The number of nitrogens with zero attached hydrogens (tertiary/aromatic N) is 5. The lowest BCUT2D eigenvalue weighted by Crippen LogP contribution is -2.49. The highest BCUT2D eigenvalue weighted by molar-refractivity contribution is 7.88. The molecule has 5 rings (SSSR count). The molecule has 1 aliphatic rings. The minimum absolute atomic E-state index is 0.131. The first kappa shape index (κ1) is 26.2. The van der Waals surface area contributed by atoms with Gasteiger partial charge in [-0.1, -0.05) is 29.8 Å². The van der Waals surface area contributed by atoms with Crippen molar-refractivity contribution in [1.29, 1.82) is 0 Å². The van der Waals surface area contributed by atoms with Crippen LogP contribution in [-0.2, 0) is 10.0 Å². The molecule has 1 N–H and O–H groups in total. The summed E-state index contributed by atoms with van der Waals surface area (Å²) >= 11 is 6.41. The molecule has 38 heavy (non-hydrogen) atoms. The number of aromatic amines is 1. The van der Waals surface area contributed by atoms with Crippen LogP contribution in [0.5, 0.6) is 17.6 Å². The molecule has 4 aromatic rings. The molecule has 0 aliphatic carbocycles. The number of H-pyrrole nitrogens is 1.